The van der Waals surface area contributed by atoms with Gasteiger partial charge in [-0.2, -0.15) is 0 Å². The third-order valence-corrected chi connectivity index (χ3v) is 6.13. The van der Waals surface area contributed by atoms with E-state index >= 15 is 0 Å². The highest BCUT2D eigenvalue weighted by Gasteiger charge is 2.33. The van der Waals surface area contributed by atoms with Crippen LogP contribution in [-0.4, -0.2) is 35.7 Å². The van der Waals surface area contributed by atoms with Crippen LogP contribution in [0.15, 0.2) is 72.8 Å². The number of benzene rings is 3. The number of rotatable bonds is 6. The van der Waals surface area contributed by atoms with Crippen LogP contribution in [0.2, 0.25) is 0 Å². The summed E-state index contributed by atoms with van der Waals surface area (Å²) in [5.41, 5.74) is 4.68. The van der Waals surface area contributed by atoms with Crippen molar-refractivity contribution in [3.63, 3.8) is 0 Å². The molecule has 1 atom stereocenters. The van der Waals surface area contributed by atoms with Gasteiger partial charge in [0.15, 0.2) is 0 Å². The van der Waals surface area contributed by atoms with Crippen LogP contribution in [-0.2, 0) is 9.53 Å². The largest absolute Gasteiger partial charge is 0.480 e. The standard InChI is InChI=1S/C28H28N2O5/c1-28(2,3)24(26(32)33)30-25(31)17-12-14-18(15-13-17)29-27(34)35-16-23-21-10-6-4-8-19(21)20-9-5-7-11-22(20)23/h4-15,23-24H,16H2,1-3H3,(H,29,34)(H,30,31)(H,32,33). The molecule has 7 heteroatoms. The monoisotopic (exact) mass is 472 g/mol. The second kappa shape index (κ2) is 9.62. The zero-order valence-corrected chi connectivity index (χ0v) is 19.9. The third-order valence-electron chi connectivity index (χ3n) is 6.13. The van der Waals surface area contributed by atoms with E-state index in [1.165, 1.54) is 12.1 Å². The zero-order chi connectivity index (χ0) is 25.2. The summed E-state index contributed by atoms with van der Waals surface area (Å²) in [4.78, 5) is 36.5. The molecule has 0 fully saturated rings. The second-order valence-electron chi connectivity index (χ2n) is 9.64. The number of carbonyl (C=O) groups is 3. The van der Waals surface area contributed by atoms with Crippen molar-refractivity contribution in [2.24, 2.45) is 5.41 Å². The van der Waals surface area contributed by atoms with Gasteiger partial charge < -0.3 is 15.2 Å². The Kier molecular flexibility index (Phi) is 6.60. The summed E-state index contributed by atoms with van der Waals surface area (Å²) in [5.74, 6) is -1.64. The van der Waals surface area contributed by atoms with Crippen LogP contribution in [0.25, 0.3) is 11.1 Å². The van der Waals surface area contributed by atoms with Gasteiger partial charge in [0.25, 0.3) is 5.91 Å². The van der Waals surface area contributed by atoms with Gasteiger partial charge in [-0.15, -0.1) is 0 Å². The number of hydrogen-bond donors (Lipinski definition) is 3. The van der Waals surface area contributed by atoms with Crippen LogP contribution in [0.1, 0.15) is 48.2 Å². The number of amides is 2. The number of carbonyl (C=O) groups excluding carboxylic acids is 2. The van der Waals surface area contributed by atoms with E-state index < -0.39 is 29.4 Å². The summed E-state index contributed by atoms with van der Waals surface area (Å²) in [7, 11) is 0. The first-order chi connectivity index (χ1) is 16.6. The molecule has 35 heavy (non-hydrogen) atoms. The number of hydrogen-bond acceptors (Lipinski definition) is 4. The van der Waals surface area contributed by atoms with Crippen molar-refractivity contribution in [3.05, 3.63) is 89.5 Å². The van der Waals surface area contributed by atoms with Gasteiger partial charge in [0, 0.05) is 17.2 Å². The summed E-state index contributed by atoms with van der Waals surface area (Å²) in [6.45, 7) is 5.43. The van der Waals surface area contributed by atoms with Crippen molar-refractivity contribution in [1.82, 2.24) is 5.32 Å². The maximum atomic E-state index is 12.5. The van der Waals surface area contributed by atoms with Gasteiger partial charge in [0.2, 0.25) is 0 Å². The number of carboxylic acid groups (broad SMARTS) is 1. The number of fused-ring (bicyclic) bond motifs is 3. The number of aliphatic carboxylic acids is 1. The lowest BCUT2D eigenvalue weighted by Crippen LogP contribution is -2.49. The first-order valence-corrected chi connectivity index (χ1v) is 11.4. The molecule has 1 aliphatic carbocycles. The number of carboxylic acids is 1. The van der Waals surface area contributed by atoms with Crippen LogP contribution in [0.5, 0.6) is 0 Å². The predicted octanol–water partition coefficient (Wildman–Crippen LogP) is 5.28. The molecule has 3 aromatic carbocycles. The average Bonchev–Trinajstić information content (AvgIpc) is 3.14. The molecule has 2 amide bonds. The highest BCUT2D eigenvalue weighted by atomic mass is 16.5. The summed E-state index contributed by atoms with van der Waals surface area (Å²) >= 11 is 0. The molecule has 3 aromatic rings. The summed E-state index contributed by atoms with van der Waals surface area (Å²) in [6, 6.07) is 21.4. The Labute approximate surface area is 204 Å². The molecule has 4 rings (SSSR count). The second-order valence-corrected chi connectivity index (χ2v) is 9.64. The number of anilines is 1. The molecule has 0 heterocycles. The maximum absolute atomic E-state index is 12.5. The fraction of sp³-hybridized carbons (Fsp3) is 0.250. The summed E-state index contributed by atoms with van der Waals surface area (Å²) in [6.07, 6.45) is -0.595. The van der Waals surface area contributed by atoms with E-state index in [4.69, 9.17) is 4.74 Å². The van der Waals surface area contributed by atoms with Crippen LogP contribution >= 0.6 is 0 Å². The molecule has 1 unspecified atom stereocenters. The van der Waals surface area contributed by atoms with E-state index in [0.717, 1.165) is 22.3 Å². The Balaban J connectivity index is 1.37. The van der Waals surface area contributed by atoms with Gasteiger partial charge in [-0.05, 0) is 51.9 Å². The highest BCUT2D eigenvalue weighted by molar-refractivity contribution is 5.97. The Morgan fingerprint density at radius 1 is 0.886 bits per heavy atom. The minimum atomic E-state index is -1.10. The lowest BCUT2D eigenvalue weighted by atomic mass is 9.86. The van der Waals surface area contributed by atoms with Crippen molar-refractivity contribution in [2.75, 3.05) is 11.9 Å². The average molecular weight is 473 g/mol. The van der Waals surface area contributed by atoms with Gasteiger partial charge >= 0.3 is 12.1 Å². The van der Waals surface area contributed by atoms with E-state index in [2.05, 4.69) is 34.9 Å². The minimum Gasteiger partial charge on any atom is -0.480 e. The molecule has 3 N–H and O–H groups in total. The lowest BCUT2D eigenvalue weighted by Gasteiger charge is -2.27. The third kappa shape index (κ3) is 5.19. The van der Waals surface area contributed by atoms with Crippen LogP contribution in [0.3, 0.4) is 0 Å². The molecule has 0 spiro atoms. The smallest absolute Gasteiger partial charge is 0.411 e. The summed E-state index contributed by atoms with van der Waals surface area (Å²) in [5, 5.41) is 14.6. The molecule has 0 saturated heterocycles. The van der Waals surface area contributed by atoms with Gasteiger partial charge in [-0.25, -0.2) is 9.59 Å². The quantitative estimate of drug-likeness (QED) is 0.453. The highest BCUT2D eigenvalue weighted by Crippen LogP contribution is 2.44. The molecule has 0 bridgehead atoms. The van der Waals surface area contributed by atoms with Gasteiger partial charge in [-0.1, -0.05) is 69.3 Å². The van der Waals surface area contributed by atoms with E-state index in [1.54, 1.807) is 32.9 Å². The first kappa shape index (κ1) is 24.0. The Bertz CT molecular complexity index is 1220. The van der Waals surface area contributed by atoms with Crippen LogP contribution in [0, 0.1) is 5.41 Å². The molecule has 0 saturated carbocycles. The van der Waals surface area contributed by atoms with Gasteiger partial charge in [0.1, 0.15) is 12.6 Å². The Morgan fingerprint density at radius 2 is 1.43 bits per heavy atom. The van der Waals surface area contributed by atoms with Crippen molar-refractivity contribution in [1.29, 1.82) is 0 Å². The van der Waals surface area contributed by atoms with E-state index in [-0.39, 0.29) is 12.5 Å². The number of nitrogens with one attached hydrogen (secondary N) is 2. The Hall–Kier alpha value is -4.13. The van der Waals surface area contributed by atoms with Gasteiger partial charge in [0.05, 0.1) is 0 Å². The number of ether oxygens (including phenoxy) is 1. The van der Waals surface area contributed by atoms with Crippen molar-refractivity contribution in [3.8, 4) is 11.1 Å². The SMILES string of the molecule is CC(C)(C)C(NC(=O)c1ccc(NC(=O)OCC2c3ccccc3-c3ccccc32)cc1)C(=O)O. The molecular weight excluding hydrogens is 444 g/mol. The normalized spacial score (nSPS) is 13.3. The minimum absolute atomic E-state index is 0.0378. The van der Waals surface area contributed by atoms with Crippen molar-refractivity contribution in [2.45, 2.75) is 32.7 Å². The van der Waals surface area contributed by atoms with Gasteiger partial charge in [-0.3, -0.25) is 10.1 Å². The molecule has 1 aliphatic rings. The molecule has 0 aliphatic heterocycles. The molecule has 0 radical (unpaired) electrons. The zero-order valence-electron chi connectivity index (χ0n) is 19.9. The fourth-order valence-electron chi connectivity index (χ4n) is 4.32. The Morgan fingerprint density at radius 3 is 1.94 bits per heavy atom. The van der Waals surface area contributed by atoms with Crippen LogP contribution in [0.4, 0.5) is 10.5 Å². The maximum Gasteiger partial charge on any atom is 0.411 e. The van der Waals surface area contributed by atoms with E-state index in [0.29, 0.717) is 11.3 Å². The topological polar surface area (TPSA) is 105 Å². The lowest BCUT2D eigenvalue weighted by molar-refractivity contribution is -0.142. The molecule has 180 valence electrons. The van der Waals surface area contributed by atoms with E-state index in [9.17, 15) is 19.5 Å². The first-order valence-electron chi connectivity index (χ1n) is 11.4. The molecule has 7 nitrogen and oxygen atoms in total. The molecular formula is C28H28N2O5. The summed E-state index contributed by atoms with van der Waals surface area (Å²) < 4.78 is 5.54. The van der Waals surface area contributed by atoms with E-state index in [1.807, 2.05) is 24.3 Å². The molecule has 0 aromatic heterocycles. The van der Waals surface area contributed by atoms with Crippen molar-refractivity contribution < 1.29 is 24.2 Å². The van der Waals surface area contributed by atoms with Crippen molar-refractivity contribution >= 4 is 23.7 Å². The fourth-order valence-corrected chi connectivity index (χ4v) is 4.32. The predicted molar refractivity (Wildman–Crippen MR) is 133 cm³/mol. The van der Waals surface area contributed by atoms with Crippen LogP contribution < -0.4 is 10.6 Å².